The third kappa shape index (κ3) is 2.59. The van der Waals surface area contributed by atoms with E-state index in [4.69, 9.17) is 0 Å². The third-order valence-corrected chi connectivity index (χ3v) is 5.02. The van der Waals surface area contributed by atoms with Crippen LogP contribution in [0.4, 0.5) is 5.95 Å². The van der Waals surface area contributed by atoms with E-state index in [1.807, 2.05) is 23.6 Å². The van der Waals surface area contributed by atoms with Crippen molar-refractivity contribution >= 4 is 22.8 Å². The SMILES string of the molecule is CCn1c(=O)c2c(nc3n2CC(C)=NN3Cc2ccccc2C)n(C)c1=O. The molecule has 3 aromatic rings. The number of hydrogen-bond donors (Lipinski definition) is 0. The zero-order chi connectivity index (χ0) is 19.3. The average Bonchev–Trinajstić information content (AvgIpc) is 3.02. The smallest absolute Gasteiger partial charge is 0.297 e. The maximum absolute atomic E-state index is 12.9. The van der Waals surface area contributed by atoms with E-state index in [-0.39, 0.29) is 11.2 Å². The minimum absolute atomic E-state index is 0.306. The van der Waals surface area contributed by atoms with Gasteiger partial charge >= 0.3 is 5.69 Å². The van der Waals surface area contributed by atoms with Gasteiger partial charge in [-0.15, -0.1) is 0 Å². The number of benzene rings is 1. The molecule has 0 saturated heterocycles. The number of rotatable bonds is 3. The van der Waals surface area contributed by atoms with Crippen LogP contribution < -0.4 is 16.3 Å². The number of imidazole rings is 1. The highest BCUT2D eigenvalue weighted by molar-refractivity contribution is 5.87. The molecule has 2 aromatic heterocycles. The minimum atomic E-state index is -0.353. The lowest BCUT2D eigenvalue weighted by molar-refractivity contribution is 0.634. The van der Waals surface area contributed by atoms with Gasteiger partial charge in [0.1, 0.15) is 0 Å². The first kappa shape index (κ1) is 17.3. The van der Waals surface area contributed by atoms with E-state index in [2.05, 4.69) is 29.1 Å². The first-order chi connectivity index (χ1) is 12.9. The molecule has 0 N–H and O–H groups in total. The van der Waals surface area contributed by atoms with E-state index in [9.17, 15) is 9.59 Å². The molecule has 1 aliphatic heterocycles. The van der Waals surface area contributed by atoms with Crippen LogP contribution in [0.3, 0.4) is 0 Å². The fourth-order valence-electron chi connectivity index (χ4n) is 3.55. The molecule has 1 aromatic carbocycles. The number of anilines is 1. The van der Waals surface area contributed by atoms with E-state index in [1.54, 1.807) is 19.0 Å². The molecule has 27 heavy (non-hydrogen) atoms. The molecule has 4 rings (SSSR count). The number of aryl methyl sites for hydroxylation is 2. The Bertz CT molecular complexity index is 1200. The monoisotopic (exact) mass is 366 g/mol. The Balaban J connectivity index is 1.94. The maximum Gasteiger partial charge on any atom is 0.332 e. The van der Waals surface area contributed by atoms with Crippen LogP contribution in [-0.4, -0.2) is 24.4 Å². The number of hydrazone groups is 1. The fraction of sp³-hybridized carbons (Fsp3) is 0.368. The number of nitrogens with zero attached hydrogens (tertiary/aromatic N) is 6. The van der Waals surface area contributed by atoms with E-state index >= 15 is 0 Å². The number of fused-ring (bicyclic) bond motifs is 3. The van der Waals surface area contributed by atoms with Gasteiger partial charge in [-0.3, -0.25) is 18.5 Å². The molecule has 0 atom stereocenters. The topological polar surface area (TPSA) is 77.4 Å². The van der Waals surface area contributed by atoms with Gasteiger partial charge in [0.15, 0.2) is 11.2 Å². The standard InChI is InChI=1S/C19H22N6O2/c1-5-23-17(26)15-16(22(4)19(23)27)20-18-24(15)10-13(3)21-25(18)11-14-9-7-6-8-12(14)2/h6-9H,5,10-11H2,1-4H3. The molecule has 0 saturated carbocycles. The lowest BCUT2D eigenvalue weighted by Crippen LogP contribution is -2.39. The summed E-state index contributed by atoms with van der Waals surface area (Å²) >= 11 is 0. The summed E-state index contributed by atoms with van der Waals surface area (Å²) in [4.78, 5) is 30.0. The van der Waals surface area contributed by atoms with Crippen molar-refractivity contribution in [1.82, 2.24) is 18.7 Å². The Labute approximate surface area is 156 Å². The molecule has 0 aliphatic carbocycles. The van der Waals surface area contributed by atoms with Crippen molar-refractivity contribution in [3.63, 3.8) is 0 Å². The highest BCUT2D eigenvalue weighted by Crippen LogP contribution is 2.25. The lowest BCUT2D eigenvalue weighted by Gasteiger charge is -2.25. The summed E-state index contributed by atoms with van der Waals surface area (Å²) in [5.41, 5.74) is 3.36. The van der Waals surface area contributed by atoms with Crippen LogP contribution in [-0.2, 0) is 26.7 Å². The molecule has 8 heteroatoms. The van der Waals surface area contributed by atoms with Gasteiger partial charge in [0.2, 0.25) is 5.95 Å². The second kappa shape index (κ2) is 6.22. The summed E-state index contributed by atoms with van der Waals surface area (Å²) in [5.74, 6) is 0.583. The van der Waals surface area contributed by atoms with Gasteiger partial charge in [-0.1, -0.05) is 24.3 Å². The lowest BCUT2D eigenvalue weighted by atomic mass is 10.1. The van der Waals surface area contributed by atoms with Crippen molar-refractivity contribution in [1.29, 1.82) is 0 Å². The quantitative estimate of drug-likeness (QED) is 0.706. The summed E-state index contributed by atoms with van der Waals surface area (Å²) in [7, 11) is 1.65. The Morgan fingerprint density at radius 2 is 1.89 bits per heavy atom. The number of hydrogen-bond acceptors (Lipinski definition) is 5. The van der Waals surface area contributed by atoms with E-state index in [0.29, 0.717) is 36.7 Å². The van der Waals surface area contributed by atoms with Crippen LogP contribution in [0.2, 0.25) is 0 Å². The molecule has 8 nitrogen and oxygen atoms in total. The van der Waals surface area contributed by atoms with Crippen LogP contribution in [0.15, 0.2) is 39.0 Å². The second-order valence-electron chi connectivity index (χ2n) is 6.88. The zero-order valence-corrected chi connectivity index (χ0v) is 15.9. The van der Waals surface area contributed by atoms with Gasteiger partial charge in [0.25, 0.3) is 5.56 Å². The summed E-state index contributed by atoms with van der Waals surface area (Å²) in [6.07, 6.45) is 0. The maximum atomic E-state index is 12.9. The molecule has 0 spiro atoms. The molecule has 1 aliphatic rings. The molecule has 3 heterocycles. The van der Waals surface area contributed by atoms with Crippen molar-refractivity contribution in [2.45, 2.75) is 40.4 Å². The highest BCUT2D eigenvalue weighted by Gasteiger charge is 2.26. The Morgan fingerprint density at radius 3 is 2.59 bits per heavy atom. The summed E-state index contributed by atoms with van der Waals surface area (Å²) in [6.45, 7) is 7.13. The van der Waals surface area contributed by atoms with Crippen molar-refractivity contribution in [3.05, 3.63) is 56.2 Å². The molecule has 0 bridgehead atoms. The Hall–Kier alpha value is -3.16. The highest BCUT2D eigenvalue weighted by atomic mass is 16.2. The molecule has 0 amide bonds. The summed E-state index contributed by atoms with van der Waals surface area (Å²) < 4.78 is 4.54. The number of aromatic nitrogens is 4. The largest absolute Gasteiger partial charge is 0.332 e. The van der Waals surface area contributed by atoms with E-state index in [1.165, 1.54) is 14.7 Å². The molecule has 0 unspecified atom stereocenters. The minimum Gasteiger partial charge on any atom is -0.297 e. The van der Waals surface area contributed by atoms with Gasteiger partial charge in [-0.2, -0.15) is 10.1 Å². The average molecular weight is 366 g/mol. The molecule has 0 fully saturated rings. The molecular weight excluding hydrogens is 344 g/mol. The van der Waals surface area contributed by atoms with Crippen molar-refractivity contribution < 1.29 is 0 Å². The predicted molar refractivity (Wildman–Crippen MR) is 105 cm³/mol. The van der Waals surface area contributed by atoms with Crippen LogP contribution >= 0.6 is 0 Å². The molecule has 140 valence electrons. The fourth-order valence-corrected chi connectivity index (χ4v) is 3.55. The van der Waals surface area contributed by atoms with Crippen molar-refractivity contribution in [2.75, 3.05) is 5.01 Å². The van der Waals surface area contributed by atoms with Gasteiger partial charge in [-0.05, 0) is 31.9 Å². The first-order valence-electron chi connectivity index (χ1n) is 8.98. The van der Waals surface area contributed by atoms with Crippen LogP contribution in [0.1, 0.15) is 25.0 Å². The van der Waals surface area contributed by atoms with E-state index < -0.39 is 0 Å². The summed E-state index contributed by atoms with van der Waals surface area (Å²) in [6, 6.07) is 8.11. The zero-order valence-electron chi connectivity index (χ0n) is 15.9. The third-order valence-electron chi connectivity index (χ3n) is 5.02. The normalized spacial score (nSPS) is 13.8. The molecular formula is C19H22N6O2. The Morgan fingerprint density at radius 1 is 1.15 bits per heavy atom. The van der Waals surface area contributed by atoms with Gasteiger partial charge in [-0.25, -0.2) is 9.80 Å². The molecule has 0 radical (unpaired) electrons. The van der Waals surface area contributed by atoms with Crippen LogP contribution in [0.25, 0.3) is 11.2 Å². The van der Waals surface area contributed by atoms with Gasteiger partial charge < -0.3 is 0 Å². The first-order valence-corrected chi connectivity index (χ1v) is 8.98. The Kier molecular flexibility index (Phi) is 3.98. The van der Waals surface area contributed by atoms with Crippen molar-refractivity contribution in [2.24, 2.45) is 12.1 Å². The van der Waals surface area contributed by atoms with E-state index in [0.717, 1.165) is 11.3 Å². The van der Waals surface area contributed by atoms with Crippen LogP contribution in [0.5, 0.6) is 0 Å². The van der Waals surface area contributed by atoms with Gasteiger partial charge in [0.05, 0.1) is 18.8 Å². The summed E-state index contributed by atoms with van der Waals surface area (Å²) in [5, 5.41) is 6.46. The predicted octanol–water partition coefficient (Wildman–Crippen LogP) is 1.62. The second-order valence-corrected chi connectivity index (χ2v) is 6.88. The van der Waals surface area contributed by atoms with Crippen molar-refractivity contribution in [3.8, 4) is 0 Å². The van der Waals surface area contributed by atoms with Gasteiger partial charge in [0, 0.05) is 13.6 Å². The van der Waals surface area contributed by atoms with Crippen LogP contribution in [0, 0.1) is 6.92 Å².